The average molecular weight is 568 g/mol. The zero-order chi connectivity index (χ0) is 27.5. The van der Waals surface area contributed by atoms with Gasteiger partial charge in [-0.3, -0.25) is 4.58 Å². The van der Waals surface area contributed by atoms with E-state index >= 15 is 0 Å². The maximum atomic E-state index is 12.7. The Balaban J connectivity index is 1.42. The fourth-order valence-electron chi connectivity index (χ4n) is 4.97. The highest BCUT2D eigenvalue weighted by Gasteiger charge is 2.22. The number of hydrogen-bond acceptors (Lipinski definition) is 4. The van der Waals surface area contributed by atoms with Crippen LogP contribution in [0.3, 0.4) is 0 Å². The monoisotopic (exact) mass is 567 g/mol. The molecule has 4 aromatic carbocycles. The lowest BCUT2D eigenvalue weighted by molar-refractivity contribution is -0.517. The predicted molar refractivity (Wildman–Crippen MR) is 162 cm³/mol. The van der Waals surface area contributed by atoms with Crippen LogP contribution in [0, 0.1) is 0 Å². The number of benzene rings is 4. The Kier molecular flexibility index (Phi) is 7.60. The zero-order valence-corrected chi connectivity index (χ0v) is 23.0. The second-order valence-corrected chi connectivity index (χ2v) is 10.4. The Morgan fingerprint density at radius 2 is 1.57 bits per heavy atom. The van der Waals surface area contributed by atoms with Gasteiger partial charge in [-0.2, -0.15) is 0 Å². The number of halogens is 2. The van der Waals surface area contributed by atoms with E-state index in [-0.39, 0.29) is 12.7 Å². The number of hydrogen-bond donors (Lipinski definition) is 0. The number of fused-ring (bicyclic) bond motifs is 1. The standard InChI is InChI=1S/C33H25Cl2N2O3/c34-25-11-12-26(30(35)16-25)32(19-37-14-13-36-21-37)39-20-24-15-33(38)40-31-18-28(23-9-5-2-6-10-23)27(17-29(24)31)22-7-3-1-4-8-22/h1-13,15-18,21,32H,14,19-20H2/q+1. The first-order valence-corrected chi connectivity index (χ1v) is 13.7. The number of nitrogens with zero attached hydrogens (tertiary/aromatic N) is 2. The van der Waals surface area contributed by atoms with Gasteiger partial charge in [-0.25, -0.2) is 4.79 Å². The van der Waals surface area contributed by atoms with E-state index in [1.54, 1.807) is 18.5 Å². The van der Waals surface area contributed by atoms with Crippen molar-refractivity contribution in [2.75, 3.05) is 13.1 Å². The molecule has 7 heteroatoms. The molecule has 0 saturated heterocycles. The van der Waals surface area contributed by atoms with Gasteiger partial charge in [0.1, 0.15) is 24.8 Å². The molecular formula is C33H25Cl2N2O3+. The van der Waals surface area contributed by atoms with Gasteiger partial charge in [0.05, 0.1) is 6.61 Å². The largest absolute Gasteiger partial charge is 0.423 e. The van der Waals surface area contributed by atoms with Crippen LogP contribution in [-0.4, -0.2) is 30.2 Å². The number of aliphatic imine (C=N–C) groups is 1. The summed E-state index contributed by atoms with van der Waals surface area (Å²) in [7, 11) is 0. The molecule has 0 spiro atoms. The van der Waals surface area contributed by atoms with Crippen molar-refractivity contribution < 1.29 is 13.7 Å². The molecule has 0 amide bonds. The first-order chi connectivity index (χ1) is 19.5. The molecule has 0 saturated carbocycles. The fourth-order valence-corrected chi connectivity index (χ4v) is 5.50. The van der Waals surface area contributed by atoms with Crippen molar-refractivity contribution >= 4 is 46.7 Å². The SMILES string of the molecule is O=c1cc(COC(C[N+]2=CN=CC2)c2ccc(Cl)cc2Cl)c2cc(-c3ccccc3)c(-c3ccccc3)cc2o1. The van der Waals surface area contributed by atoms with Gasteiger partial charge in [-0.15, -0.1) is 0 Å². The molecule has 40 heavy (non-hydrogen) atoms. The summed E-state index contributed by atoms with van der Waals surface area (Å²) < 4.78 is 14.3. The summed E-state index contributed by atoms with van der Waals surface area (Å²) in [4.78, 5) is 16.9. The minimum atomic E-state index is -0.431. The quantitative estimate of drug-likeness (QED) is 0.142. The lowest BCUT2D eigenvalue weighted by Crippen LogP contribution is -2.22. The molecule has 1 unspecified atom stereocenters. The molecule has 0 radical (unpaired) electrons. The van der Waals surface area contributed by atoms with E-state index in [0.29, 0.717) is 28.7 Å². The maximum absolute atomic E-state index is 12.7. The first kappa shape index (κ1) is 26.2. The van der Waals surface area contributed by atoms with Crippen molar-refractivity contribution in [1.29, 1.82) is 0 Å². The summed E-state index contributed by atoms with van der Waals surface area (Å²) >= 11 is 12.7. The van der Waals surface area contributed by atoms with Crippen LogP contribution in [-0.2, 0) is 11.3 Å². The van der Waals surface area contributed by atoms with Gasteiger partial charge in [-0.1, -0.05) is 94.9 Å². The third-order valence-electron chi connectivity index (χ3n) is 6.94. The third kappa shape index (κ3) is 5.63. The van der Waals surface area contributed by atoms with E-state index in [2.05, 4.69) is 35.3 Å². The van der Waals surface area contributed by atoms with Crippen molar-refractivity contribution in [3.63, 3.8) is 0 Å². The highest BCUT2D eigenvalue weighted by Crippen LogP contribution is 2.37. The van der Waals surface area contributed by atoms with Crippen LogP contribution >= 0.6 is 23.2 Å². The van der Waals surface area contributed by atoms with Crippen LogP contribution in [0.1, 0.15) is 17.2 Å². The van der Waals surface area contributed by atoms with Gasteiger partial charge >= 0.3 is 5.63 Å². The van der Waals surface area contributed by atoms with Crippen molar-refractivity contribution in [2.24, 2.45) is 4.99 Å². The summed E-state index contributed by atoms with van der Waals surface area (Å²) in [5.41, 5.74) is 5.75. The summed E-state index contributed by atoms with van der Waals surface area (Å²) in [6.07, 6.45) is 3.23. The van der Waals surface area contributed by atoms with Crippen LogP contribution in [0.15, 0.2) is 111 Å². The Morgan fingerprint density at radius 3 is 2.23 bits per heavy atom. The Morgan fingerprint density at radius 1 is 0.875 bits per heavy atom. The molecule has 1 aliphatic rings. The molecule has 1 atom stereocenters. The summed E-state index contributed by atoms with van der Waals surface area (Å²) in [6, 6.07) is 31.2. The van der Waals surface area contributed by atoms with Crippen molar-refractivity contribution in [3.05, 3.63) is 129 Å². The second-order valence-electron chi connectivity index (χ2n) is 9.58. The fraction of sp³-hybridized carbons (Fsp3) is 0.121. The molecule has 198 valence electrons. The third-order valence-corrected chi connectivity index (χ3v) is 7.50. The second kappa shape index (κ2) is 11.6. The highest BCUT2D eigenvalue weighted by molar-refractivity contribution is 6.35. The average Bonchev–Trinajstić information content (AvgIpc) is 3.49. The highest BCUT2D eigenvalue weighted by atomic mass is 35.5. The minimum absolute atomic E-state index is 0.180. The van der Waals surface area contributed by atoms with Gasteiger partial charge in [-0.05, 0) is 52.1 Å². The van der Waals surface area contributed by atoms with Crippen molar-refractivity contribution in [2.45, 2.75) is 12.7 Å². The zero-order valence-electron chi connectivity index (χ0n) is 21.5. The van der Waals surface area contributed by atoms with Gasteiger partial charge < -0.3 is 9.15 Å². The number of rotatable bonds is 8. The molecule has 5 nitrogen and oxygen atoms in total. The summed E-state index contributed by atoms with van der Waals surface area (Å²) in [5.74, 6) is 0. The van der Waals surface area contributed by atoms with Crippen LogP contribution < -0.4 is 5.63 Å². The lowest BCUT2D eigenvalue weighted by atomic mass is 9.92. The van der Waals surface area contributed by atoms with Crippen molar-refractivity contribution in [3.8, 4) is 22.3 Å². The van der Waals surface area contributed by atoms with E-state index < -0.39 is 5.63 Å². The van der Waals surface area contributed by atoms with Gasteiger partial charge in [0, 0.05) is 27.1 Å². The molecule has 5 aromatic rings. The molecule has 1 aromatic heterocycles. The van der Waals surface area contributed by atoms with E-state index in [0.717, 1.165) is 38.8 Å². The molecule has 0 bridgehead atoms. The van der Waals surface area contributed by atoms with E-state index in [1.807, 2.05) is 59.3 Å². The van der Waals surface area contributed by atoms with E-state index in [1.165, 1.54) is 6.07 Å². The molecule has 0 N–H and O–H groups in total. The minimum Gasteiger partial charge on any atom is -0.423 e. The lowest BCUT2D eigenvalue weighted by Gasteiger charge is -2.20. The molecule has 0 aliphatic carbocycles. The Bertz CT molecular complexity index is 1800. The molecule has 6 rings (SSSR count). The topological polar surface area (TPSA) is 54.8 Å². The van der Waals surface area contributed by atoms with Crippen LogP contribution in [0.4, 0.5) is 0 Å². The maximum Gasteiger partial charge on any atom is 0.336 e. The van der Waals surface area contributed by atoms with E-state index in [9.17, 15) is 4.79 Å². The normalized spacial score (nSPS) is 13.5. The smallest absolute Gasteiger partial charge is 0.336 e. The summed E-state index contributed by atoms with van der Waals surface area (Å²) in [5, 5.41) is 1.89. The summed E-state index contributed by atoms with van der Waals surface area (Å²) in [6.45, 7) is 1.40. The molecule has 0 fully saturated rings. The van der Waals surface area contributed by atoms with Gasteiger partial charge in [0.2, 0.25) is 0 Å². The first-order valence-electron chi connectivity index (χ1n) is 12.9. The number of ether oxygens (including phenoxy) is 1. The van der Waals surface area contributed by atoms with Gasteiger partial charge in [0.25, 0.3) is 6.34 Å². The van der Waals surface area contributed by atoms with Crippen LogP contribution in [0.5, 0.6) is 0 Å². The van der Waals surface area contributed by atoms with Crippen LogP contribution in [0.2, 0.25) is 10.0 Å². The van der Waals surface area contributed by atoms with Crippen LogP contribution in [0.25, 0.3) is 33.2 Å². The Labute approximate surface area is 241 Å². The molecule has 2 heterocycles. The molecule has 1 aliphatic heterocycles. The Hall–Kier alpha value is -4.03. The molecular weight excluding hydrogens is 543 g/mol. The predicted octanol–water partition coefficient (Wildman–Crippen LogP) is 7.82. The van der Waals surface area contributed by atoms with Crippen molar-refractivity contribution in [1.82, 2.24) is 0 Å². The van der Waals surface area contributed by atoms with Gasteiger partial charge in [0.15, 0.2) is 6.21 Å². The van der Waals surface area contributed by atoms with E-state index in [4.69, 9.17) is 32.4 Å².